The van der Waals surface area contributed by atoms with Crippen molar-refractivity contribution in [3.8, 4) is 22.4 Å². The molecule has 0 saturated heterocycles. The number of fused-ring (bicyclic) bond motifs is 2. The molecular formula is C29H31N5O2. The molecule has 3 heterocycles. The van der Waals surface area contributed by atoms with Gasteiger partial charge in [-0.25, -0.2) is 9.97 Å². The molecule has 1 aliphatic heterocycles. The monoisotopic (exact) mass is 481 g/mol. The van der Waals surface area contributed by atoms with Crippen LogP contribution in [0.2, 0.25) is 0 Å². The van der Waals surface area contributed by atoms with Gasteiger partial charge in [0.2, 0.25) is 0 Å². The number of likely N-dealkylation sites (N-methyl/N-ethyl adjacent to an activating group) is 1. The van der Waals surface area contributed by atoms with Crippen LogP contribution in [-0.2, 0) is 24.2 Å². The maximum Gasteiger partial charge on any atom is 0.253 e. The fourth-order valence-electron chi connectivity index (χ4n) is 5.09. The first-order chi connectivity index (χ1) is 17.2. The average Bonchev–Trinajstić information content (AvgIpc) is 3.26. The Labute approximate surface area is 211 Å². The van der Waals surface area contributed by atoms with Crippen LogP contribution in [0, 0.1) is 6.92 Å². The van der Waals surface area contributed by atoms with E-state index in [0.717, 1.165) is 47.4 Å². The second-order valence-electron chi connectivity index (χ2n) is 10.0. The molecule has 7 nitrogen and oxygen atoms in total. The van der Waals surface area contributed by atoms with Crippen molar-refractivity contribution in [2.75, 3.05) is 27.7 Å². The van der Waals surface area contributed by atoms with Gasteiger partial charge in [-0.1, -0.05) is 6.07 Å². The zero-order chi connectivity index (χ0) is 25.6. The lowest BCUT2D eigenvalue weighted by Crippen LogP contribution is -2.27. The number of carbonyl (C=O) groups is 2. The van der Waals surface area contributed by atoms with Gasteiger partial charge in [0.25, 0.3) is 5.91 Å². The summed E-state index contributed by atoms with van der Waals surface area (Å²) in [4.78, 5) is 41.4. The number of aromatic amines is 1. The second-order valence-corrected chi connectivity index (χ2v) is 10.0. The van der Waals surface area contributed by atoms with Gasteiger partial charge in [-0.15, -0.1) is 0 Å². The van der Waals surface area contributed by atoms with Gasteiger partial charge < -0.3 is 14.8 Å². The van der Waals surface area contributed by atoms with Crippen LogP contribution in [0.3, 0.4) is 0 Å². The molecule has 0 saturated carbocycles. The number of ketones is 1. The zero-order valence-corrected chi connectivity index (χ0v) is 21.5. The van der Waals surface area contributed by atoms with Gasteiger partial charge in [-0.2, -0.15) is 0 Å². The van der Waals surface area contributed by atoms with Crippen molar-refractivity contribution in [2.45, 2.75) is 33.2 Å². The van der Waals surface area contributed by atoms with Crippen molar-refractivity contribution in [1.82, 2.24) is 24.8 Å². The first kappa shape index (κ1) is 23.9. The minimum absolute atomic E-state index is 0.00869. The summed E-state index contributed by atoms with van der Waals surface area (Å²) in [6, 6.07) is 10.1. The summed E-state index contributed by atoms with van der Waals surface area (Å²) in [5.41, 5.74) is 10.5. The Bertz CT molecular complexity index is 1500. The van der Waals surface area contributed by atoms with Crippen LogP contribution in [0.5, 0.6) is 0 Å². The molecule has 0 spiro atoms. The largest absolute Gasteiger partial charge is 0.345 e. The Morgan fingerprint density at radius 3 is 2.69 bits per heavy atom. The molecule has 4 aromatic rings. The lowest BCUT2D eigenvalue weighted by molar-refractivity contribution is -0.116. The normalized spacial score (nSPS) is 13.6. The number of carbonyl (C=O) groups excluding carboxylic acids is 2. The van der Waals surface area contributed by atoms with Crippen LogP contribution < -0.4 is 0 Å². The Morgan fingerprint density at radius 1 is 1.14 bits per heavy atom. The van der Waals surface area contributed by atoms with Crippen LogP contribution >= 0.6 is 0 Å². The average molecular weight is 482 g/mol. The van der Waals surface area contributed by atoms with Gasteiger partial charge in [0.15, 0.2) is 5.65 Å². The van der Waals surface area contributed by atoms with Gasteiger partial charge in [0.05, 0.1) is 11.9 Å². The van der Waals surface area contributed by atoms with E-state index < -0.39 is 0 Å². The van der Waals surface area contributed by atoms with Crippen LogP contribution in [0.4, 0.5) is 0 Å². The molecule has 1 N–H and O–H groups in total. The van der Waals surface area contributed by atoms with E-state index in [1.54, 1.807) is 27.1 Å². The number of rotatable bonds is 5. The number of nitrogens with one attached hydrogen (secondary N) is 1. The van der Waals surface area contributed by atoms with E-state index in [2.05, 4.69) is 41.0 Å². The number of nitrogens with zero attached hydrogens (tertiary/aromatic N) is 4. The fraction of sp³-hybridized carbons (Fsp3) is 0.310. The van der Waals surface area contributed by atoms with Gasteiger partial charge in [-0.3, -0.25) is 9.59 Å². The quantitative estimate of drug-likeness (QED) is 0.456. The van der Waals surface area contributed by atoms with E-state index in [-0.39, 0.29) is 18.1 Å². The SMILES string of the molecule is CC(=O)Cc1cc(-c2c[nH]c3ncc(-c4cc(C)c5c(c4)CN(C)CC5)nc23)ccc1C(=O)N(C)C. The van der Waals surface area contributed by atoms with Crippen LogP contribution in [0.25, 0.3) is 33.5 Å². The number of benzene rings is 2. The van der Waals surface area contributed by atoms with E-state index in [9.17, 15) is 9.59 Å². The maximum atomic E-state index is 12.7. The minimum atomic E-state index is -0.118. The third-order valence-electron chi connectivity index (χ3n) is 6.92. The molecule has 0 fully saturated rings. The van der Waals surface area contributed by atoms with Crippen molar-refractivity contribution in [2.24, 2.45) is 0 Å². The van der Waals surface area contributed by atoms with Gasteiger partial charge >= 0.3 is 0 Å². The third-order valence-corrected chi connectivity index (χ3v) is 6.92. The molecule has 2 aromatic carbocycles. The smallest absolute Gasteiger partial charge is 0.253 e. The number of aromatic nitrogens is 3. The molecule has 0 unspecified atom stereocenters. The molecule has 0 aliphatic carbocycles. The molecular weight excluding hydrogens is 450 g/mol. The number of hydrogen-bond acceptors (Lipinski definition) is 5. The van der Waals surface area contributed by atoms with Crippen LogP contribution in [0.15, 0.2) is 42.7 Å². The first-order valence-corrected chi connectivity index (χ1v) is 12.2. The Hall–Kier alpha value is -3.84. The highest BCUT2D eigenvalue weighted by atomic mass is 16.2. The highest BCUT2D eigenvalue weighted by molar-refractivity contribution is 5.99. The predicted octanol–water partition coefficient (Wildman–Crippen LogP) is 4.42. The van der Waals surface area contributed by atoms with Crippen molar-refractivity contribution >= 4 is 22.9 Å². The summed E-state index contributed by atoms with van der Waals surface area (Å²) in [6.45, 7) is 5.73. The number of hydrogen-bond donors (Lipinski definition) is 1. The number of aryl methyl sites for hydroxylation is 1. The molecule has 36 heavy (non-hydrogen) atoms. The number of Topliss-reactive ketones (excluding diaryl/α,β-unsaturated/α-hetero) is 1. The summed E-state index contributed by atoms with van der Waals surface area (Å²) >= 11 is 0. The maximum absolute atomic E-state index is 12.7. The fourth-order valence-corrected chi connectivity index (χ4v) is 5.09. The molecule has 0 bridgehead atoms. The minimum Gasteiger partial charge on any atom is -0.345 e. The van der Waals surface area contributed by atoms with Gasteiger partial charge in [0, 0.05) is 56.5 Å². The molecule has 0 radical (unpaired) electrons. The Morgan fingerprint density at radius 2 is 1.94 bits per heavy atom. The number of H-pyrrole nitrogens is 1. The zero-order valence-electron chi connectivity index (χ0n) is 21.5. The second kappa shape index (κ2) is 9.32. The van der Waals surface area contributed by atoms with Gasteiger partial charge in [0.1, 0.15) is 11.3 Å². The molecule has 1 aliphatic rings. The van der Waals surface area contributed by atoms with E-state index in [4.69, 9.17) is 4.98 Å². The van der Waals surface area contributed by atoms with E-state index in [0.29, 0.717) is 16.8 Å². The summed E-state index contributed by atoms with van der Waals surface area (Å²) in [7, 11) is 5.58. The Balaban J connectivity index is 1.59. The van der Waals surface area contributed by atoms with Crippen molar-refractivity contribution < 1.29 is 9.59 Å². The van der Waals surface area contributed by atoms with Crippen LogP contribution in [0.1, 0.15) is 39.5 Å². The highest BCUT2D eigenvalue weighted by Crippen LogP contribution is 2.32. The summed E-state index contributed by atoms with van der Waals surface area (Å²) in [5.74, 6) is -0.110. The third kappa shape index (κ3) is 4.42. The lowest BCUT2D eigenvalue weighted by Gasteiger charge is -2.27. The van der Waals surface area contributed by atoms with E-state index >= 15 is 0 Å². The molecule has 0 atom stereocenters. The standard InChI is InChI=1S/C29H31N5O2/c1-17-10-21(13-22-16-34(5)9-8-23(17)22)26-15-31-28-27(32-26)25(14-30-28)19-6-7-24(29(36)33(3)4)20(12-19)11-18(2)35/h6-7,10,12-15H,8-9,11,16H2,1-5H3,(H,30,31). The van der Waals surface area contributed by atoms with Crippen molar-refractivity contribution in [3.63, 3.8) is 0 Å². The first-order valence-electron chi connectivity index (χ1n) is 12.2. The highest BCUT2D eigenvalue weighted by Gasteiger charge is 2.19. The molecule has 2 aromatic heterocycles. The molecule has 7 heteroatoms. The molecule has 5 rings (SSSR count). The summed E-state index contributed by atoms with van der Waals surface area (Å²) < 4.78 is 0. The summed E-state index contributed by atoms with van der Waals surface area (Å²) in [5, 5.41) is 0. The number of amides is 1. The molecule has 184 valence electrons. The Kier molecular flexibility index (Phi) is 6.18. The van der Waals surface area contributed by atoms with Crippen molar-refractivity contribution in [3.05, 3.63) is 70.5 Å². The van der Waals surface area contributed by atoms with Crippen LogP contribution in [-0.4, -0.2) is 64.1 Å². The lowest BCUT2D eigenvalue weighted by atomic mass is 9.92. The van der Waals surface area contributed by atoms with E-state index in [1.165, 1.54) is 21.6 Å². The van der Waals surface area contributed by atoms with Gasteiger partial charge in [-0.05, 0) is 79.4 Å². The molecule has 1 amide bonds. The summed E-state index contributed by atoms with van der Waals surface area (Å²) in [6.07, 6.45) is 4.97. The van der Waals surface area contributed by atoms with Crippen molar-refractivity contribution in [1.29, 1.82) is 0 Å². The van der Waals surface area contributed by atoms with E-state index in [1.807, 2.05) is 24.5 Å². The topological polar surface area (TPSA) is 82.2 Å². The predicted molar refractivity (Wildman–Crippen MR) is 142 cm³/mol.